The molecule has 0 atom stereocenters. The molecule has 0 unspecified atom stereocenters. The van der Waals surface area contributed by atoms with Crippen molar-refractivity contribution in [3.05, 3.63) is 44.8 Å². The molecule has 10 heteroatoms. The number of rotatable bonds is 7. The number of hydrogen-bond donors (Lipinski definition) is 2. The van der Waals surface area contributed by atoms with Gasteiger partial charge in [-0.15, -0.1) is 35.3 Å². The average Bonchev–Trinajstić information content (AvgIpc) is 2.98. The number of aliphatic imine (C=N–C) groups is 1. The van der Waals surface area contributed by atoms with Crippen LogP contribution >= 0.6 is 51.2 Å². The van der Waals surface area contributed by atoms with Gasteiger partial charge < -0.3 is 10.6 Å². The predicted octanol–water partition coefficient (Wildman–Crippen LogP) is 3.36. The third-order valence-electron chi connectivity index (χ3n) is 3.22. The van der Waals surface area contributed by atoms with Crippen LogP contribution in [0, 0.1) is 6.92 Å². The maximum absolute atomic E-state index is 12.3. The van der Waals surface area contributed by atoms with Crippen molar-refractivity contribution >= 4 is 67.0 Å². The van der Waals surface area contributed by atoms with Gasteiger partial charge in [-0.05, 0) is 38.1 Å². The van der Waals surface area contributed by atoms with Crippen LogP contribution in [0.15, 0.2) is 44.8 Å². The van der Waals surface area contributed by atoms with Crippen molar-refractivity contribution in [3.63, 3.8) is 0 Å². The number of nitrogens with zero attached hydrogens (tertiary/aromatic N) is 2. The number of thiazole rings is 1. The molecule has 0 saturated heterocycles. The highest BCUT2D eigenvalue weighted by Crippen LogP contribution is 2.15. The van der Waals surface area contributed by atoms with E-state index < -0.39 is 9.84 Å². The van der Waals surface area contributed by atoms with Gasteiger partial charge in [0.2, 0.25) is 0 Å². The van der Waals surface area contributed by atoms with E-state index in [1.54, 1.807) is 35.6 Å². The second-order valence-electron chi connectivity index (χ2n) is 5.26. The third-order valence-corrected chi connectivity index (χ3v) is 6.38. The molecule has 26 heavy (non-hydrogen) atoms. The maximum atomic E-state index is 12.3. The lowest BCUT2D eigenvalue weighted by Crippen LogP contribution is -2.39. The fourth-order valence-electron chi connectivity index (χ4n) is 2.03. The molecule has 2 N–H and O–H groups in total. The molecule has 0 aliphatic rings. The fraction of sp³-hybridized carbons (Fsp3) is 0.375. The lowest BCUT2D eigenvalue weighted by atomic mass is 10.4. The number of benzene rings is 1. The molecular formula is C16H22BrIN4O2S2. The van der Waals surface area contributed by atoms with E-state index in [1.165, 1.54) is 0 Å². The molecule has 0 fully saturated rings. The molecule has 1 heterocycles. The minimum Gasteiger partial charge on any atom is -0.357 e. The number of sulfone groups is 1. The fourth-order valence-corrected chi connectivity index (χ4v) is 4.16. The summed E-state index contributed by atoms with van der Waals surface area (Å²) in [4.78, 5) is 10.2. The van der Waals surface area contributed by atoms with Gasteiger partial charge in [-0.1, -0.05) is 15.9 Å². The van der Waals surface area contributed by atoms with Crippen LogP contribution in [-0.2, 0) is 16.4 Å². The lowest BCUT2D eigenvalue weighted by molar-refractivity contribution is 0.594. The van der Waals surface area contributed by atoms with Crippen molar-refractivity contribution in [2.75, 3.05) is 18.8 Å². The van der Waals surface area contributed by atoms with Gasteiger partial charge in [0.25, 0.3) is 0 Å². The first-order valence-corrected chi connectivity index (χ1v) is 11.1. The molecule has 0 saturated carbocycles. The number of aryl methyl sites for hydroxylation is 1. The molecule has 2 aromatic rings. The molecule has 144 valence electrons. The minimum atomic E-state index is -3.33. The highest BCUT2D eigenvalue weighted by Gasteiger charge is 2.14. The molecular weight excluding hydrogens is 551 g/mol. The topological polar surface area (TPSA) is 83.4 Å². The molecule has 0 aliphatic carbocycles. The van der Waals surface area contributed by atoms with Crippen LogP contribution in [-0.4, -0.2) is 38.2 Å². The number of guanidine groups is 1. The summed E-state index contributed by atoms with van der Waals surface area (Å²) in [5, 5.41) is 7.10. The monoisotopic (exact) mass is 572 g/mol. The Morgan fingerprint density at radius 3 is 2.54 bits per heavy atom. The molecule has 0 bridgehead atoms. The van der Waals surface area contributed by atoms with Crippen molar-refractivity contribution in [2.24, 2.45) is 4.99 Å². The largest absolute Gasteiger partial charge is 0.357 e. The van der Waals surface area contributed by atoms with Gasteiger partial charge in [0, 0.05) is 28.6 Å². The predicted molar refractivity (Wildman–Crippen MR) is 121 cm³/mol. The Kier molecular flexibility index (Phi) is 10.0. The van der Waals surface area contributed by atoms with Crippen LogP contribution in [0.25, 0.3) is 0 Å². The molecule has 1 aromatic carbocycles. The molecule has 0 radical (unpaired) electrons. The van der Waals surface area contributed by atoms with E-state index in [9.17, 15) is 8.42 Å². The maximum Gasteiger partial charge on any atom is 0.191 e. The average molecular weight is 573 g/mol. The van der Waals surface area contributed by atoms with Crippen molar-refractivity contribution in [1.29, 1.82) is 0 Å². The van der Waals surface area contributed by atoms with Crippen LogP contribution in [0.5, 0.6) is 0 Å². The SMILES string of the molecule is CCNC(=NCc1ncc(C)s1)NCCS(=O)(=O)c1ccc(Br)cc1.I. The summed E-state index contributed by atoms with van der Waals surface area (Å²) in [6.45, 7) is 5.40. The molecule has 2 rings (SSSR count). The van der Waals surface area contributed by atoms with Gasteiger partial charge in [0.05, 0.1) is 17.2 Å². The zero-order valence-electron chi connectivity index (χ0n) is 14.5. The molecule has 1 aromatic heterocycles. The number of hydrogen-bond acceptors (Lipinski definition) is 5. The summed E-state index contributed by atoms with van der Waals surface area (Å²) >= 11 is 4.90. The van der Waals surface area contributed by atoms with Gasteiger partial charge in [-0.2, -0.15) is 0 Å². The second-order valence-corrected chi connectivity index (χ2v) is 9.60. The highest BCUT2D eigenvalue weighted by atomic mass is 127. The first kappa shape index (κ1) is 23.3. The Morgan fingerprint density at radius 2 is 1.96 bits per heavy atom. The van der Waals surface area contributed by atoms with Crippen LogP contribution in [0.2, 0.25) is 0 Å². The van der Waals surface area contributed by atoms with Gasteiger partial charge >= 0.3 is 0 Å². The zero-order chi connectivity index (χ0) is 18.3. The quantitative estimate of drug-likeness (QED) is 0.302. The zero-order valence-corrected chi connectivity index (χ0v) is 20.1. The Morgan fingerprint density at radius 1 is 1.27 bits per heavy atom. The Bertz CT molecular complexity index is 823. The van der Waals surface area contributed by atoms with E-state index in [2.05, 4.69) is 36.5 Å². The Labute approximate surface area is 184 Å². The number of nitrogens with one attached hydrogen (secondary N) is 2. The van der Waals surface area contributed by atoms with Gasteiger partial charge in [0.15, 0.2) is 15.8 Å². The minimum absolute atomic E-state index is 0. The lowest BCUT2D eigenvalue weighted by Gasteiger charge is -2.11. The van der Waals surface area contributed by atoms with Crippen LogP contribution < -0.4 is 10.6 Å². The molecule has 0 aliphatic heterocycles. The third kappa shape index (κ3) is 7.49. The van der Waals surface area contributed by atoms with E-state index in [1.807, 2.05) is 20.0 Å². The van der Waals surface area contributed by atoms with Crippen molar-refractivity contribution in [2.45, 2.75) is 25.3 Å². The summed E-state index contributed by atoms with van der Waals surface area (Å²) in [5.74, 6) is 0.580. The molecule has 6 nitrogen and oxygen atoms in total. The van der Waals surface area contributed by atoms with E-state index in [0.29, 0.717) is 23.9 Å². The number of aromatic nitrogens is 1. The smallest absolute Gasteiger partial charge is 0.191 e. The van der Waals surface area contributed by atoms with Crippen molar-refractivity contribution in [1.82, 2.24) is 15.6 Å². The van der Waals surface area contributed by atoms with Crippen LogP contribution in [0.3, 0.4) is 0 Å². The summed E-state index contributed by atoms with van der Waals surface area (Å²) < 4.78 is 25.5. The standard InChI is InChI=1S/C16H21BrN4O2S2.HI/c1-3-18-16(21-11-15-20-10-12(2)24-15)19-8-9-25(22,23)14-6-4-13(17)5-7-14;/h4-7,10H,3,8-9,11H2,1-2H3,(H2,18,19,21);1H. The van der Waals surface area contributed by atoms with E-state index >= 15 is 0 Å². The van der Waals surface area contributed by atoms with E-state index in [0.717, 1.165) is 14.4 Å². The summed E-state index contributed by atoms with van der Waals surface area (Å²) in [5.41, 5.74) is 0. The van der Waals surface area contributed by atoms with Crippen LogP contribution in [0.1, 0.15) is 16.8 Å². The first-order chi connectivity index (χ1) is 11.9. The molecule has 0 amide bonds. The van der Waals surface area contributed by atoms with E-state index in [-0.39, 0.29) is 36.3 Å². The Balaban J connectivity index is 0.00000338. The summed E-state index contributed by atoms with van der Waals surface area (Å²) in [6, 6.07) is 6.65. The van der Waals surface area contributed by atoms with Crippen molar-refractivity contribution in [3.8, 4) is 0 Å². The second kappa shape index (κ2) is 11.2. The number of halogens is 2. The van der Waals surface area contributed by atoms with Gasteiger partial charge in [0.1, 0.15) is 5.01 Å². The molecule has 0 spiro atoms. The normalized spacial score (nSPS) is 11.7. The summed E-state index contributed by atoms with van der Waals surface area (Å²) in [6.07, 6.45) is 1.82. The first-order valence-electron chi connectivity index (χ1n) is 7.82. The summed E-state index contributed by atoms with van der Waals surface area (Å²) in [7, 11) is -3.33. The highest BCUT2D eigenvalue weighted by molar-refractivity contribution is 14.0. The van der Waals surface area contributed by atoms with Gasteiger partial charge in [-0.25, -0.2) is 18.4 Å². The van der Waals surface area contributed by atoms with E-state index in [4.69, 9.17) is 0 Å². The van der Waals surface area contributed by atoms with Crippen LogP contribution in [0.4, 0.5) is 0 Å². The van der Waals surface area contributed by atoms with Crippen molar-refractivity contribution < 1.29 is 8.42 Å². The van der Waals surface area contributed by atoms with Gasteiger partial charge in [-0.3, -0.25) is 0 Å². The Hall–Kier alpha value is -0.720.